The Balaban J connectivity index is 0.00000484. The molecule has 1 aliphatic carbocycles. The molecule has 2 atom stereocenters. The van der Waals surface area contributed by atoms with Gasteiger partial charge in [0.15, 0.2) is 5.96 Å². The normalized spacial score (nSPS) is 21.6. The van der Waals surface area contributed by atoms with E-state index >= 15 is 0 Å². The maximum Gasteiger partial charge on any atom is 0.191 e. The standard InChI is InChI=1S/C17H36N4S.HI/c1-6-18-17(20-15-9-10-16(13-15)22-5)19-11-7-8-12-21(4)14(2)3;/h14-16H,6-13H2,1-5H3,(H2,18,19,20);1H. The number of guanidine groups is 1. The topological polar surface area (TPSA) is 39.7 Å². The van der Waals surface area contributed by atoms with Gasteiger partial charge in [0.05, 0.1) is 0 Å². The third-order valence-corrected chi connectivity index (χ3v) is 5.57. The van der Waals surface area contributed by atoms with Gasteiger partial charge >= 0.3 is 0 Å². The van der Waals surface area contributed by atoms with Crippen LogP contribution in [0.4, 0.5) is 0 Å². The lowest BCUT2D eigenvalue weighted by Crippen LogP contribution is -2.42. The highest BCUT2D eigenvalue weighted by Crippen LogP contribution is 2.27. The van der Waals surface area contributed by atoms with Crippen molar-refractivity contribution in [2.45, 2.75) is 70.2 Å². The third-order valence-electron chi connectivity index (χ3n) is 4.47. The molecule has 2 unspecified atom stereocenters. The van der Waals surface area contributed by atoms with Crippen LogP contribution in [0.1, 0.15) is 52.9 Å². The van der Waals surface area contributed by atoms with E-state index in [0.29, 0.717) is 12.1 Å². The lowest BCUT2D eigenvalue weighted by atomic mass is 10.2. The van der Waals surface area contributed by atoms with E-state index in [1.165, 1.54) is 25.7 Å². The number of halogens is 1. The zero-order chi connectivity index (χ0) is 16.4. The van der Waals surface area contributed by atoms with Crippen LogP contribution in [0.2, 0.25) is 0 Å². The molecule has 0 amide bonds. The molecule has 0 bridgehead atoms. The van der Waals surface area contributed by atoms with E-state index in [1.807, 2.05) is 11.8 Å². The Morgan fingerprint density at radius 2 is 2.04 bits per heavy atom. The van der Waals surface area contributed by atoms with Crippen molar-refractivity contribution in [1.82, 2.24) is 15.5 Å². The Morgan fingerprint density at radius 3 is 2.61 bits per heavy atom. The van der Waals surface area contributed by atoms with Crippen LogP contribution < -0.4 is 10.6 Å². The molecular formula is C17H37IN4S. The maximum atomic E-state index is 4.74. The number of thioether (sulfide) groups is 1. The zero-order valence-corrected chi connectivity index (χ0v) is 18.7. The lowest BCUT2D eigenvalue weighted by molar-refractivity contribution is 0.269. The van der Waals surface area contributed by atoms with Gasteiger partial charge < -0.3 is 15.5 Å². The summed E-state index contributed by atoms with van der Waals surface area (Å²) in [5.74, 6) is 1.01. The number of rotatable bonds is 9. The molecule has 0 saturated heterocycles. The molecule has 0 radical (unpaired) electrons. The van der Waals surface area contributed by atoms with Gasteiger partial charge in [0.1, 0.15) is 0 Å². The van der Waals surface area contributed by atoms with Crippen LogP contribution in [-0.4, -0.2) is 61.1 Å². The average molecular weight is 456 g/mol. The second kappa shape index (κ2) is 13.6. The van der Waals surface area contributed by atoms with E-state index in [1.54, 1.807) is 0 Å². The molecule has 0 spiro atoms. The first kappa shape index (κ1) is 23.3. The first-order valence-corrected chi connectivity index (χ1v) is 10.1. The molecule has 1 aliphatic rings. The van der Waals surface area contributed by atoms with Gasteiger partial charge in [-0.3, -0.25) is 4.99 Å². The molecular weight excluding hydrogens is 419 g/mol. The first-order valence-electron chi connectivity index (χ1n) is 8.84. The molecule has 0 aliphatic heterocycles. The fraction of sp³-hybridized carbons (Fsp3) is 0.941. The summed E-state index contributed by atoms with van der Waals surface area (Å²) in [6, 6.07) is 1.23. The SMILES string of the molecule is CCNC(=NCCCCN(C)C(C)C)NC1CCC(SC)C1.I. The summed E-state index contributed by atoms with van der Waals surface area (Å²) in [5.41, 5.74) is 0. The minimum atomic E-state index is 0. The van der Waals surface area contributed by atoms with Gasteiger partial charge in [-0.25, -0.2) is 0 Å². The Bertz CT molecular complexity index is 326. The van der Waals surface area contributed by atoms with Gasteiger partial charge in [-0.1, -0.05) is 0 Å². The molecule has 1 saturated carbocycles. The van der Waals surface area contributed by atoms with E-state index in [4.69, 9.17) is 4.99 Å². The number of hydrogen-bond donors (Lipinski definition) is 2. The van der Waals surface area contributed by atoms with Crippen LogP contribution in [0, 0.1) is 0 Å². The Morgan fingerprint density at radius 1 is 1.30 bits per heavy atom. The van der Waals surface area contributed by atoms with Gasteiger partial charge in [-0.2, -0.15) is 11.8 Å². The Labute approximate surface area is 165 Å². The first-order chi connectivity index (χ1) is 10.6. The highest BCUT2D eigenvalue weighted by molar-refractivity contribution is 14.0. The highest BCUT2D eigenvalue weighted by atomic mass is 127. The number of hydrogen-bond acceptors (Lipinski definition) is 3. The molecule has 2 N–H and O–H groups in total. The molecule has 4 nitrogen and oxygen atoms in total. The van der Waals surface area contributed by atoms with Gasteiger partial charge in [0.2, 0.25) is 0 Å². The minimum Gasteiger partial charge on any atom is -0.357 e. The Kier molecular flexibility index (Phi) is 13.8. The molecule has 0 aromatic rings. The predicted octanol–water partition coefficient (Wildman–Crippen LogP) is 3.56. The highest BCUT2D eigenvalue weighted by Gasteiger charge is 2.24. The second-order valence-corrected chi connectivity index (χ2v) is 7.69. The lowest BCUT2D eigenvalue weighted by Gasteiger charge is -2.20. The quantitative estimate of drug-likeness (QED) is 0.241. The molecule has 1 rings (SSSR count). The van der Waals surface area contributed by atoms with Crippen molar-refractivity contribution in [1.29, 1.82) is 0 Å². The predicted molar refractivity (Wildman–Crippen MR) is 116 cm³/mol. The number of nitrogens with zero attached hydrogens (tertiary/aromatic N) is 2. The van der Waals surface area contributed by atoms with Crippen molar-refractivity contribution in [2.75, 3.05) is 32.9 Å². The van der Waals surface area contributed by atoms with Crippen molar-refractivity contribution in [3.63, 3.8) is 0 Å². The molecule has 6 heteroatoms. The molecule has 0 heterocycles. The molecule has 23 heavy (non-hydrogen) atoms. The van der Waals surface area contributed by atoms with Gasteiger partial charge in [-0.05, 0) is 72.7 Å². The molecule has 138 valence electrons. The van der Waals surface area contributed by atoms with E-state index in [2.05, 4.69) is 49.6 Å². The van der Waals surface area contributed by atoms with Crippen molar-refractivity contribution in [3.8, 4) is 0 Å². The van der Waals surface area contributed by atoms with E-state index < -0.39 is 0 Å². The number of aliphatic imine (C=N–C) groups is 1. The summed E-state index contributed by atoms with van der Waals surface area (Å²) in [6.45, 7) is 9.63. The third kappa shape index (κ3) is 10.0. The van der Waals surface area contributed by atoms with Gasteiger partial charge in [0, 0.05) is 30.4 Å². The smallest absolute Gasteiger partial charge is 0.191 e. The average Bonchev–Trinajstić information content (AvgIpc) is 2.94. The van der Waals surface area contributed by atoms with Gasteiger partial charge in [0.25, 0.3) is 0 Å². The zero-order valence-electron chi connectivity index (χ0n) is 15.6. The summed E-state index contributed by atoms with van der Waals surface area (Å²) < 4.78 is 0. The summed E-state index contributed by atoms with van der Waals surface area (Å²) >= 11 is 2.00. The van der Waals surface area contributed by atoms with E-state index in [9.17, 15) is 0 Å². The molecule has 1 fully saturated rings. The fourth-order valence-corrected chi connectivity index (χ4v) is 3.52. The van der Waals surface area contributed by atoms with Crippen LogP contribution in [0.25, 0.3) is 0 Å². The summed E-state index contributed by atoms with van der Waals surface area (Å²) in [5, 5.41) is 7.82. The van der Waals surface area contributed by atoms with Crippen molar-refractivity contribution in [3.05, 3.63) is 0 Å². The number of unbranched alkanes of at least 4 members (excludes halogenated alkanes) is 1. The van der Waals surface area contributed by atoms with Crippen LogP contribution in [0.3, 0.4) is 0 Å². The van der Waals surface area contributed by atoms with Crippen molar-refractivity contribution >= 4 is 41.7 Å². The largest absolute Gasteiger partial charge is 0.357 e. The minimum absolute atomic E-state index is 0. The summed E-state index contributed by atoms with van der Waals surface area (Å²) in [6.07, 6.45) is 8.47. The van der Waals surface area contributed by atoms with Crippen LogP contribution in [0.15, 0.2) is 4.99 Å². The van der Waals surface area contributed by atoms with Crippen molar-refractivity contribution in [2.24, 2.45) is 4.99 Å². The Hall–Kier alpha value is 0.310. The summed E-state index contributed by atoms with van der Waals surface area (Å²) in [4.78, 5) is 7.14. The van der Waals surface area contributed by atoms with Crippen LogP contribution in [0.5, 0.6) is 0 Å². The fourth-order valence-electron chi connectivity index (χ4n) is 2.72. The molecule has 0 aromatic carbocycles. The van der Waals surface area contributed by atoms with Crippen molar-refractivity contribution < 1.29 is 0 Å². The second-order valence-electron chi connectivity index (χ2n) is 6.55. The van der Waals surface area contributed by atoms with E-state index in [0.717, 1.165) is 37.3 Å². The number of nitrogens with one attached hydrogen (secondary N) is 2. The molecule has 0 aromatic heterocycles. The maximum absolute atomic E-state index is 4.74. The van der Waals surface area contributed by atoms with Gasteiger partial charge in [-0.15, -0.1) is 24.0 Å². The monoisotopic (exact) mass is 456 g/mol. The summed E-state index contributed by atoms with van der Waals surface area (Å²) in [7, 11) is 2.20. The van der Waals surface area contributed by atoms with Crippen LogP contribution in [-0.2, 0) is 0 Å². The van der Waals surface area contributed by atoms with Crippen LogP contribution >= 0.6 is 35.7 Å². The van der Waals surface area contributed by atoms with E-state index in [-0.39, 0.29) is 24.0 Å².